The van der Waals surface area contributed by atoms with Crippen molar-refractivity contribution in [3.63, 3.8) is 0 Å². The second kappa shape index (κ2) is 7.02. The number of aliphatic hydroxyl groups is 1. The third kappa shape index (κ3) is 4.32. The van der Waals surface area contributed by atoms with E-state index in [1.54, 1.807) is 5.38 Å². The maximum atomic E-state index is 11.9. The van der Waals surface area contributed by atoms with Crippen molar-refractivity contribution in [1.29, 1.82) is 0 Å². The molecule has 1 amide bonds. The van der Waals surface area contributed by atoms with E-state index in [1.165, 1.54) is 11.3 Å². The fourth-order valence-corrected chi connectivity index (χ4v) is 2.47. The summed E-state index contributed by atoms with van der Waals surface area (Å²) >= 11 is 1.31. The van der Waals surface area contributed by atoms with Gasteiger partial charge in [-0.3, -0.25) is 4.79 Å². The van der Waals surface area contributed by atoms with E-state index < -0.39 is 0 Å². The number of benzene rings is 1. The van der Waals surface area contributed by atoms with Crippen LogP contribution in [-0.2, 0) is 17.6 Å². The van der Waals surface area contributed by atoms with Crippen LogP contribution in [0.25, 0.3) is 0 Å². The summed E-state index contributed by atoms with van der Waals surface area (Å²) < 4.78 is 0. The molecule has 0 radical (unpaired) electrons. The Bertz CT molecular complexity index is 557. The van der Waals surface area contributed by atoms with E-state index in [1.807, 2.05) is 30.3 Å². The molecule has 106 valence electrons. The number of rotatable bonds is 6. The van der Waals surface area contributed by atoms with Crippen LogP contribution in [0.4, 0.5) is 5.13 Å². The van der Waals surface area contributed by atoms with Crippen molar-refractivity contribution < 1.29 is 9.90 Å². The van der Waals surface area contributed by atoms with E-state index in [0.29, 0.717) is 17.2 Å². The highest BCUT2D eigenvalue weighted by molar-refractivity contribution is 7.13. The molecule has 2 rings (SSSR count). The van der Waals surface area contributed by atoms with Crippen LogP contribution in [0.5, 0.6) is 0 Å². The standard InChI is InChI=1S/C14H17N3O2S/c15-14-17-12(9-20-14)7-13(19)16-11(8-18)6-10-4-2-1-3-5-10/h1-5,9,11,18H,6-8H2,(H2,15,17)(H,16,19)/t11-/m0/s1. The van der Waals surface area contributed by atoms with Crippen LogP contribution in [0, 0.1) is 0 Å². The number of nitrogens with zero attached hydrogens (tertiary/aromatic N) is 1. The molecule has 20 heavy (non-hydrogen) atoms. The summed E-state index contributed by atoms with van der Waals surface area (Å²) in [4.78, 5) is 15.9. The van der Waals surface area contributed by atoms with Gasteiger partial charge >= 0.3 is 0 Å². The normalized spacial score (nSPS) is 12.1. The molecule has 5 nitrogen and oxygen atoms in total. The molecule has 0 fully saturated rings. The van der Waals surface area contributed by atoms with E-state index in [0.717, 1.165) is 5.56 Å². The van der Waals surface area contributed by atoms with Crippen LogP contribution in [0.15, 0.2) is 35.7 Å². The molecule has 1 heterocycles. The quantitative estimate of drug-likeness (QED) is 0.740. The second-order valence-corrected chi connectivity index (χ2v) is 5.38. The fourth-order valence-electron chi connectivity index (χ4n) is 1.91. The Morgan fingerprint density at radius 3 is 2.75 bits per heavy atom. The monoisotopic (exact) mass is 291 g/mol. The molecule has 6 heteroatoms. The van der Waals surface area contributed by atoms with E-state index >= 15 is 0 Å². The Morgan fingerprint density at radius 1 is 1.40 bits per heavy atom. The number of carbonyl (C=O) groups is 1. The van der Waals surface area contributed by atoms with Crippen molar-refractivity contribution >= 4 is 22.4 Å². The number of aromatic nitrogens is 1. The topological polar surface area (TPSA) is 88.2 Å². The number of aliphatic hydroxyl groups excluding tert-OH is 1. The Hall–Kier alpha value is -1.92. The first-order chi connectivity index (χ1) is 9.67. The number of amides is 1. The molecule has 1 aromatic heterocycles. The summed E-state index contributed by atoms with van der Waals surface area (Å²) in [5.74, 6) is -0.162. The van der Waals surface area contributed by atoms with E-state index in [-0.39, 0.29) is 25.0 Å². The van der Waals surface area contributed by atoms with Gasteiger partial charge in [0.2, 0.25) is 5.91 Å². The molecule has 2 aromatic rings. The van der Waals surface area contributed by atoms with Gasteiger partial charge in [0.1, 0.15) is 0 Å². The first-order valence-electron chi connectivity index (χ1n) is 6.31. The van der Waals surface area contributed by atoms with Crippen molar-refractivity contribution in [3.05, 3.63) is 47.0 Å². The highest BCUT2D eigenvalue weighted by atomic mass is 32.1. The smallest absolute Gasteiger partial charge is 0.226 e. The highest BCUT2D eigenvalue weighted by Crippen LogP contribution is 2.11. The lowest BCUT2D eigenvalue weighted by Crippen LogP contribution is -2.39. The predicted octanol–water partition coefficient (Wildman–Crippen LogP) is 0.988. The Labute approximate surface area is 121 Å². The minimum atomic E-state index is -0.291. The van der Waals surface area contributed by atoms with Crippen molar-refractivity contribution in [2.24, 2.45) is 0 Å². The lowest BCUT2D eigenvalue weighted by Gasteiger charge is -2.16. The number of nitrogen functional groups attached to an aromatic ring is 1. The third-order valence-electron chi connectivity index (χ3n) is 2.82. The third-order valence-corrected chi connectivity index (χ3v) is 3.54. The van der Waals surface area contributed by atoms with Crippen LogP contribution in [0.3, 0.4) is 0 Å². The summed E-state index contributed by atoms with van der Waals surface area (Å²) in [7, 11) is 0. The molecular formula is C14H17N3O2S. The summed E-state index contributed by atoms with van der Waals surface area (Å²) in [6.07, 6.45) is 0.779. The van der Waals surface area contributed by atoms with Crippen LogP contribution in [0.1, 0.15) is 11.3 Å². The average molecular weight is 291 g/mol. The first kappa shape index (κ1) is 14.5. The van der Waals surface area contributed by atoms with Crippen LogP contribution >= 0.6 is 11.3 Å². The van der Waals surface area contributed by atoms with E-state index in [4.69, 9.17) is 5.73 Å². The zero-order valence-corrected chi connectivity index (χ0v) is 11.8. The van der Waals surface area contributed by atoms with Gasteiger partial charge < -0.3 is 16.2 Å². The molecule has 4 N–H and O–H groups in total. The largest absolute Gasteiger partial charge is 0.394 e. The van der Waals surface area contributed by atoms with Gasteiger partial charge in [0.25, 0.3) is 0 Å². The van der Waals surface area contributed by atoms with Gasteiger partial charge in [-0.05, 0) is 12.0 Å². The molecule has 1 aromatic carbocycles. The molecular weight excluding hydrogens is 274 g/mol. The molecule has 0 aliphatic carbocycles. The van der Waals surface area contributed by atoms with Crippen LogP contribution in [-0.4, -0.2) is 28.6 Å². The number of hydrogen-bond donors (Lipinski definition) is 3. The van der Waals surface area contributed by atoms with Crippen molar-refractivity contribution in [2.75, 3.05) is 12.3 Å². The van der Waals surface area contributed by atoms with Gasteiger partial charge in [-0.2, -0.15) is 0 Å². The molecule has 0 saturated carbocycles. The molecule has 0 bridgehead atoms. The zero-order chi connectivity index (χ0) is 14.4. The maximum absolute atomic E-state index is 11.9. The van der Waals surface area contributed by atoms with E-state index in [2.05, 4.69) is 10.3 Å². The Balaban J connectivity index is 1.88. The van der Waals surface area contributed by atoms with Gasteiger partial charge in [-0.15, -0.1) is 11.3 Å². The van der Waals surface area contributed by atoms with Crippen LogP contribution in [0.2, 0.25) is 0 Å². The molecule has 0 saturated heterocycles. The first-order valence-corrected chi connectivity index (χ1v) is 7.19. The summed E-state index contributed by atoms with van der Waals surface area (Å²) in [6, 6.07) is 9.45. The van der Waals surface area contributed by atoms with E-state index in [9.17, 15) is 9.90 Å². The van der Waals surface area contributed by atoms with Gasteiger partial charge in [-0.1, -0.05) is 30.3 Å². The van der Waals surface area contributed by atoms with Crippen LogP contribution < -0.4 is 11.1 Å². The summed E-state index contributed by atoms with van der Waals surface area (Å²) in [5, 5.41) is 14.4. The second-order valence-electron chi connectivity index (χ2n) is 4.49. The number of nitrogens with two attached hydrogens (primary N) is 1. The van der Waals surface area contributed by atoms with Crippen molar-refractivity contribution in [2.45, 2.75) is 18.9 Å². The molecule has 0 spiro atoms. The van der Waals surface area contributed by atoms with Gasteiger partial charge in [0.05, 0.1) is 24.8 Å². The average Bonchev–Trinajstić information content (AvgIpc) is 2.84. The van der Waals surface area contributed by atoms with Crippen molar-refractivity contribution in [1.82, 2.24) is 10.3 Å². The number of nitrogens with one attached hydrogen (secondary N) is 1. The molecule has 0 aliphatic rings. The van der Waals surface area contributed by atoms with Gasteiger partial charge in [0, 0.05) is 5.38 Å². The maximum Gasteiger partial charge on any atom is 0.226 e. The SMILES string of the molecule is Nc1nc(CC(=O)N[C@H](CO)Cc2ccccc2)cs1. The number of anilines is 1. The lowest BCUT2D eigenvalue weighted by atomic mass is 10.1. The van der Waals surface area contributed by atoms with Crippen molar-refractivity contribution in [3.8, 4) is 0 Å². The minimum Gasteiger partial charge on any atom is -0.394 e. The fraction of sp³-hybridized carbons (Fsp3) is 0.286. The summed E-state index contributed by atoms with van der Waals surface area (Å²) in [6.45, 7) is -0.0974. The molecule has 0 unspecified atom stereocenters. The molecule has 1 atom stereocenters. The zero-order valence-electron chi connectivity index (χ0n) is 11.0. The molecule has 0 aliphatic heterocycles. The summed E-state index contributed by atoms with van der Waals surface area (Å²) in [5.41, 5.74) is 7.25. The van der Waals surface area contributed by atoms with Gasteiger partial charge in [-0.25, -0.2) is 4.98 Å². The highest BCUT2D eigenvalue weighted by Gasteiger charge is 2.13. The Kier molecular flexibility index (Phi) is 5.09. The Morgan fingerprint density at radius 2 is 2.15 bits per heavy atom. The number of carbonyl (C=O) groups excluding carboxylic acids is 1. The minimum absolute atomic E-state index is 0.0974. The lowest BCUT2D eigenvalue weighted by molar-refractivity contribution is -0.121. The number of hydrogen-bond acceptors (Lipinski definition) is 5. The van der Waals surface area contributed by atoms with Gasteiger partial charge in [0.15, 0.2) is 5.13 Å². The number of thiazole rings is 1. The predicted molar refractivity (Wildman–Crippen MR) is 79.4 cm³/mol.